The Morgan fingerprint density at radius 2 is 2.12 bits per heavy atom. The van der Waals surface area contributed by atoms with Gasteiger partial charge in [0, 0.05) is 12.6 Å². The van der Waals surface area contributed by atoms with E-state index in [2.05, 4.69) is 6.92 Å². The molecular weight excluding hydrogens is 204 g/mol. The molecule has 2 atom stereocenters. The molecule has 1 aliphatic heterocycles. The lowest BCUT2D eigenvalue weighted by molar-refractivity contribution is 0.0213. The van der Waals surface area contributed by atoms with E-state index in [0.29, 0.717) is 0 Å². The van der Waals surface area contributed by atoms with Crippen molar-refractivity contribution >= 4 is 6.09 Å². The summed E-state index contributed by atoms with van der Waals surface area (Å²) in [6, 6.07) is 0.257. The van der Waals surface area contributed by atoms with E-state index in [4.69, 9.17) is 10.5 Å². The molecule has 0 aromatic carbocycles. The topological polar surface area (TPSA) is 55.6 Å². The maximum absolute atomic E-state index is 11.9. The van der Waals surface area contributed by atoms with Gasteiger partial charge in [-0.25, -0.2) is 4.79 Å². The molecule has 2 N–H and O–H groups in total. The summed E-state index contributed by atoms with van der Waals surface area (Å²) in [7, 11) is 0. The van der Waals surface area contributed by atoms with Crippen LogP contribution in [0, 0.1) is 0 Å². The van der Waals surface area contributed by atoms with E-state index in [1.54, 1.807) is 4.90 Å². The highest BCUT2D eigenvalue weighted by molar-refractivity contribution is 5.69. The van der Waals surface area contributed by atoms with Crippen LogP contribution in [0.5, 0.6) is 0 Å². The second-order valence-electron chi connectivity index (χ2n) is 5.48. The van der Waals surface area contributed by atoms with Crippen LogP contribution in [-0.2, 0) is 4.74 Å². The van der Waals surface area contributed by atoms with Crippen molar-refractivity contribution in [3.05, 3.63) is 0 Å². The molecule has 0 spiro atoms. The van der Waals surface area contributed by atoms with Crippen molar-refractivity contribution in [3.63, 3.8) is 0 Å². The Hall–Kier alpha value is -0.770. The third kappa shape index (κ3) is 3.37. The maximum Gasteiger partial charge on any atom is 0.410 e. The molecule has 4 nitrogen and oxygen atoms in total. The van der Waals surface area contributed by atoms with E-state index in [1.165, 1.54) is 0 Å². The van der Waals surface area contributed by atoms with Crippen molar-refractivity contribution in [3.8, 4) is 0 Å². The lowest BCUT2D eigenvalue weighted by atomic mass is 10.1. The normalized spacial score (nSPS) is 25.9. The van der Waals surface area contributed by atoms with Gasteiger partial charge in [0.25, 0.3) is 0 Å². The fourth-order valence-corrected chi connectivity index (χ4v) is 2.09. The van der Waals surface area contributed by atoms with Gasteiger partial charge < -0.3 is 15.4 Å². The summed E-state index contributed by atoms with van der Waals surface area (Å²) >= 11 is 0. The van der Waals surface area contributed by atoms with Crippen LogP contribution in [0.4, 0.5) is 4.79 Å². The molecule has 1 fully saturated rings. The zero-order chi connectivity index (χ0) is 12.3. The molecular formula is C12H24N2O2. The minimum Gasteiger partial charge on any atom is -0.444 e. The molecule has 2 unspecified atom stereocenters. The Labute approximate surface area is 98.1 Å². The van der Waals surface area contributed by atoms with Gasteiger partial charge in [0.15, 0.2) is 0 Å². The van der Waals surface area contributed by atoms with E-state index in [1.807, 2.05) is 20.8 Å². The van der Waals surface area contributed by atoms with Crippen LogP contribution in [0.15, 0.2) is 0 Å². The summed E-state index contributed by atoms with van der Waals surface area (Å²) in [6.07, 6.45) is 2.65. The Morgan fingerprint density at radius 1 is 1.50 bits per heavy atom. The summed E-state index contributed by atoms with van der Waals surface area (Å²) < 4.78 is 5.38. The average Bonchev–Trinajstić information content (AvgIpc) is 2.46. The fraction of sp³-hybridized carbons (Fsp3) is 0.917. The molecule has 0 aromatic rings. The molecule has 4 heteroatoms. The van der Waals surface area contributed by atoms with Gasteiger partial charge in [-0.15, -0.1) is 0 Å². The van der Waals surface area contributed by atoms with Crippen molar-refractivity contribution in [2.24, 2.45) is 5.73 Å². The summed E-state index contributed by atoms with van der Waals surface area (Å²) in [4.78, 5) is 13.7. The minimum absolute atomic E-state index is 0.104. The first-order chi connectivity index (χ1) is 7.35. The Bertz CT molecular complexity index is 248. The predicted octanol–water partition coefficient (Wildman–Crippen LogP) is 2.12. The van der Waals surface area contributed by atoms with E-state index < -0.39 is 5.60 Å². The highest BCUT2D eigenvalue weighted by atomic mass is 16.6. The molecule has 0 aromatic heterocycles. The molecule has 0 radical (unpaired) electrons. The lowest BCUT2D eigenvalue weighted by Crippen LogP contribution is -2.44. The molecule has 0 bridgehead atoms. The number of carbonyl (C=O) groups is 1. The average molecular weight is 228 g/mol. The first-order valence-corrected chi connectivity index (χ1v) is 6.10. The minimum atomic E-state index is -0.430. The Kier molecular flexibility index (Phi) is 4.19. The predicted molar refractivity (Wildman–Crippen MR) is 64.2 cm³/mol. The number of carbonyl (C=O) groups excluding carboxylic acids is 1. The highest BCUT2D eigenvalue weighted by Crippen LogP contribution is 2.23. The van der Waals surface area contributed by atoms with E-state index >= 15 is 0 Å². The number of hydrogen-bond acceptors (Lipinski definition) is 3. The van der Waals surface area contributed by atoms with Crippen LogP contribution >= 0.6 is 0 Å². The third-order valence-corrected chi connectivity index (χ3v) is 2.81. The molecule has 1 aliphatic rings. The number of likely N-dealkylation sites (tertiary alicyclic amines) is 1. The zero-order valence-corrected chi connectivity index (χ0v) is 10.8. The fourth-order valence-electron chi connectivity index (χ4n) is 2.09. The Balaban J connectivity index is 2.61. The lowest BCUT2D eigenvalue weighted by Gasteiger charge is -2.29. The number of nitrogens with zero attached hydrogens (tertiary/aromatic N) is 1. The Morgan fingerprint density at radius 3 is 2.62 bits per heavy atom. The molecule has 1 amide bonds. The van der Waals surface area contributed by atoms with Gasteiger partial charge in [0.1, 0.15) is 5.60 Å². The van der Waals surface area contributed by atoms with Gasteiger partial charge in [-0.05, 0) is 33.6 Å². The van der Waals surface area contributed by atoms with Gasteiger partial charge >= 0.3 is 6.09 Å². The second-order valence-corrected chi connectivity index (χ2v) is 5.48. The number of rotatable bonds is 2. The van der Waals surface area contributed by atoms with E-state index in [9.17, 15) is 4.79 Å². The van der Waals surface area contributed by atoms with Crippen LogP contribution in [0.25, 0.3) is 0 Å². The molecule has 1 saturated heterocycles. The molecule has 1 rings (SSSR count). The third-order valence-electron chi connectivity index (χ3n) is 2.81. The summed E-state index contributed by atoms with van der Waals surface area (Å²) in [5.74, 6) is 0. The second kappa shape index (κ2) is 5.04. The van der Waals surface area contributed by atoms with Crippen molar-refractivity contribution in [1.29, 1.82) is 0 Å². The number of amides is 1. The van der Waals surface area contributed by atoms with Crippen LogP contribution in [0.2, 0.25) is 0 Å². The largest absolute Gasteiger partial charge is 0.444 e. The first kappa shape index (κ1) is 13.3. The molecule has 1 heterocycles. The summed E-state index contributed by atoms with van der Waals surface area (Å²) in [5.41, 5.74) is 5.58. The van der Waals surface area contributed by atoms with Gasteiger partial charge in [-0.3, -0.25) is 0 Å². The monoisotopic (exact) mass is 228 g/mol. The van der Waals surface area contributed by atoms with Gasteiger partial charge in [0.2, 0.25) is 0 Å². The molecule has 0 aliphatic carbocycles. The quantitative estimate of drug-likeness (QED) is 0.787. The zero-order valence-electron chi connectivity index (χ0n) is 10.8. The van der Waals surface area contributed by atoms with Crippen LogP contribution in [0.3, 0.4) is 0 Å². The number of ether oxygens (including phenoxy) is 1. The molecule has 16 heavy (non-hydrogen) atoms. The van der Waals surface area contributed by atoms with Crippen LogP contribution in [-0.4, -0.2) is 35.2 Å². The summed E-state index contributed by atoms with van der Waals surface area (Å²) in [6.45, 7) is 8.49. The SMILES string of the molecule is CCCC1C(N)CCN1C(=O)OC(C)(C)C. The van der Waals surface area contributed by atoms with Gasteiger partial charge in [0.05, 0.1) is 6.04 Å². The van der Waals surface area contributed by atoms with Crippen molar-refractivity contribution in [2.45, 2.75) is 64.6 Å². The highest BCUT2D eigenvalue weighted by Gasteiger charge is 2.36. The van der Waals surface area contributed by atoms with Crippen LogP contribution < -0.4 is 5.73 Å². The summed E-state index contributed by atoms with van der Waals surface area (Å²) in [5, 5.41) is 0. The van der Waals surface area contributed by atoms with Crippen molar-refractivity contribution in [2.75, 3.05) is 6.54 Å². The first-order valence-electron chi connectivity index (χ1n) is 6.10. The van der Waals surface area contributed by atoms with Gasteiger partial charge in [-0.1, -0.05) is 13.3 Å². The van der Waals surface area contributed by atoms with E-state index in [0.717, 1.165) is 25.8 Å². The van der Waals surface area contributed by atoms with Crippen LogP contribution in [0.1, 0.15) is 47.0 Å². The number of nitrogens with two attached hydrogens (primary N) is 1. The smallest absolute Gasteiger partial charge is 0.410 e. The standard InChI is InChI=1S/C12H24N2O2/c1-5-6-10-9(13)7-8-14(10)11(15)16-12(2,3)4/h9-10H,5-8,13H2,1-4H3. The van der Waals surface area contributed by atoms with E-state index in [-0.39, 0.29) is 18.2 Å². The van der Waals surface area contributed by atoms with Crippen molar-refractivity contribution in [1.82, 2.24) is 4.90 Å². The molecule has 94 valence electrons. The maximum atomic E-state index is 11.9. The van der Waals surface area contributed by atoms with Crippen molar-refractivity contribution < 1.29 is 9.53 Å². The van der Waals surface area contributed by atoms with Gasteiger partial charge in [-0.2, -0.15) is 0 Å². The molecule has 0 saturated carbocycles. The number of hydrogen-bond donors (Lipinski definition) is 1.